The summed E-state index contributed by atoms with van der Waals surface area (Å²) in [6, 6.07) is 12.0. The van der Waals surface area contributed by atoms with Crippen LogP contribution in [0.25, 0.3) is 5.65 Å². The number of pyridine rings is 1. The molecule has 5 rings (SSSR count). The number of nitrogens with zero attached hydrogens (tertiary/aromatic N) is 5. The molecule has 2 aromatic heterocycles. The zero-order valence-corrected chi connectivity index (χ0v) is 16.4. The van der Waals surface area contributed by atoms with Gasteiger partial charge in [0.15, 0.2) is 5.65 Å². The molecule has 2 fully saturated rings. The van der Waals surface area contributed by atoms with E-state index in [1.54, 1.807) is 22.7 Å². The first-order valence-corrected chi connectivity index (χ1v) is 10.2. The van der Waals surface area contributed by atoms with E-state index >= 15 is 0 Å². The summed E-state index contributed by atoms with van der Waals surface area (Å²) in [7, 11) is 0. The summed E-state index contributed by atoms with van der Waals surface area (Å²) in [5.41, 5.74) is 2.01. The second-order valence-corrected chi connectivity index (χ2v) is 8.08. The molecule has 7 heteroatoms. The van der Waals surface area contributed by atoms with Gasteiger partial charge in [-0.25, -0.2) is 13.9 Å². The normalized spacial score (nSPS) is 24.3. The zero-order valence-electron chi connectivity index (χ0n) is 16.4. The first-order valence-electron chi connectivity index (χ1n) is 10.2. The van der Waals surface area contributed by atoms with E-state index in [0.717, 1.165) is 31.6 Å². The molecule has 0 unspecified atom stereocenters. The summed E-state index contributed by atoms with van der Waals surface area (Å²) in [6.45, 7) is 5.86. The average molecular weight is 393 g/mol. The fraction of sp³-hybridized carbons (Fsp3) is 0.409. The molecule has 0 bridgehead atoms. The zero-order chi connectivity index (χ0) is 20.0. The highest BCUT2D eigenvalue weighted by atomic mass is 19.1. The molecule has 29 heavy (non-hydrogen) atoms. The third kappa shape index (κ3) is 3.09. The van der Waals surface area contributed by atoms with Crippen LogP contribution in [0.15, 0.2) is 48.8 Å². The maximum Gasteiger partial charge on any atom is 0.273 e. The van der Waals surface area contributed by atoms with Crippen molar-refractivity contribution in [3.63, 3.8) is 0 Å². The molecular formula is C22H24FN5O. The van der Waals surface area contributed by atoms with E-state index in [1.165, 1.54) is 12.4 Å². The molecule has 0 spiro atoms. The van der Waals surface area contributed by atoms with Gasteiger partial charge in [-0.3, -0.25) is 4.79 Å². The average Bonchev–Trinajstić information content (AvgIpc) is 3.41. The number of fused-ring (bicyclic) bond motifs is 2. The smallest absolute Gasteiger partial charge is 0.273 e. The quantitative estimate of drug-likeness (QED) is 0.684. The Kier molecular flexibility index (Phi) is 4.54. The van der Waals surface area contributed by atoms with Crippen LogP contribution in [0.3, 0.4) is 0 Å². The second-order valence-electron chi connectivity index (χ2n) is 8.08. The Morgan fingerprint density at radius 2 is 2.03 bits per heavy atom. The molecule has 3 atom stereocenters. The fourth-order valence-electron chi connectivity index (χ4n) is 5.12. The van der Waals surface area contributed by atoms with Gasteiger partial charge < -0.3 is 9.80 Å². The lowest BCUT2D eigenvalue weighted by atomic mass is 9.89. The highest BCUT2D eigenvalue weighted by Gasteiger charge is 2.49. The molecule has 0 N–H and O–H groups in total. The van der Waals surface area contributed by atoms with E-state index in [4.69, 9.17) is 0 Å². The molecule has 2 aliphatic heterocycles. The minimum atomic E-state index is -0.264. The molecule has 0 aliphatic carbocycles. The number of carbonyl (C=O) groups excluding carboxylic acids is 1. The Labute approximate surface area is 168 Å². The van der Waals surface area contributed by atoms with Crippen LogP contribution < -0.4 is 0 Å². The van der Waals surface area contributed by atoms with Crippen LogP contribution in [0.1, 0.15) is 35.4 Å². The number of aromatic nitrogens is 3. The Balaban J connectivity index is 1.53. The molecule has 4 heterocycles. The molecule has 0 saturated carbocycles. The van der Waals surface area contributed by atoms with Gasteiger partial charge in [0, 0.05) is 25.6 Å². The van der Waals surface area contributed by atoms with Crippen LogP contribution in [-0.2, 0) is 0 Å². The molecular weight excluding hydrogens is 369 g/mol. The number of hydrogen-bond acceptors (Lipinski definition) is 4. The van der Waals surface area contributed by atoms with Gasteiger partial charge in [-0.15, -0.1) is 0 Å². The van der Waals surface area contributed by atoms with Crippen LogP contribution in [0.2, 0.25) is 0 Å². The Bertz CT molecular complexity index is 1050. The minimum Gasteiger partial charge on any atom is -0.330 e. The lowest BCUT2D eigenvalue weighted by Gasteiger charge is -2.30. The molecule has 2 saturated heterocycles. The summed E-state index contributed by atoms with van der Waals surface area (Å²) >= 11 is 0. The minimum absolute atomic E-state index is 0.0770. The molecule has 150 valence electrons. The van der Waals surface area contributed by atoms with Crippen molar-refractivity contribution in [2.75, 3.05) is 26.2 Å². The first-order chi connectivity index (χ1) is 14.2. The van der Waals surface area contributed by atoms with E-state index in [9.17, 15) is 9.18 Å². The topological polar surface area (TPSA) is 53.7 Å². The van der Waals surface area contributed by atoms with Gasteiger partial charge in [-0.2, -0.15) is 5.10 Å². The van der Waals surface area contributed by atoms with E-state index in [1.807, 2.05) is 23.1 Å². The van der Waals surface area contributed by atoms with Crippen molar-refractivity contribution in [3.8, 4) is 0 Å². The highest BCUT2D eigenvalue weighted by Crippen LogP contribution is 2.45. The Hall–Kier alpha value is -2.80. The van der Waals surface area contributed by atoms with Gasteiger partial charge in [-0.1, -0.05) is 25.1 Å². The van der Waals surface area contributed by atoms with Crippen molar-refractivity contribution < 1.29 is 9.18 Å². The van der Waals surface area contributed by atoms with Crippen LogP contribution in [0.4, 0.5) is 4.39 Å². The monoisotopic (exact) mass is 393 g/mol. The predicted molar refractivity (Wildman–Crippen MR) is 107 cm³/mol. The standard InChI is InChI=1S/C22H24FN5O/c1-2-9-26-11-16-12-27(21(18(16)13-26)15-5-3-6-17(23)10-15)22(29)19-7-4-8-20-24-14-25-28(19)20/h3-8,10,14,16,18,21H,2,9,11-13H2,1H3/t16-,18-,21+/m0/s1. The Morgan fingerprint density at radius 3 is 2.86 bits per heavy atom. The van der Waals surface area contributed by atoms with Crippen LogP contribution in [-0.4, -0.2) is 56.5 Å². The van der Waals surface area contributed by atoms with Crippen LogP contribution >= 0.6 is 0 Å². The number of rotatable bonds is 4. The third-order valence-electron chi connectivity index (χ3n) is 6.25. The number of carbonyl (C=O) groups is 1. The first kappa shape index (κ1) is 18.2. The molecule has 1 aromatic carbocycles. The second kappa shape index (κ2) is 7.22. The van der Waals surface area contributed by atoms with Crippen molar-refractivity contribution in [3.05, 3.63) is 65.9 Å². The van der Waals surface area contributed by atoms with Crippen molar-refractivity contribution in [2.24, 2.45) is 11.8 Å². The SMILES string of the molecule is CCCN1C[C@H]2CN(C(=O)c3cccc4ncnn34)[C@H](c3cccc(F)c3)[C@H]2C1. The number of likely N-dealkylation sites (tertiary alicyclic amines) is 2. The van der Waals surface area contributed by atoms with Gasteiger partial charge >= 0.3 is 0 Å². The fourth-order valence-corrected chi connectivity index (χ4v) is 5.12. The van der Waals surface area contributed by atoms with Crippen LogP contribution in [0.5, 0.6) is 0 Å². The van der Waals surface area contributed by atoms with E-state index < -0.39 is 0 Å². The lowest BCUT2D eigenvalue weighted by molar-refractivity contribution is 0.0691. The summed E-state index contributed by atoms with van der Waals surface area (Å²) in [6.07, 6.45) is 2.57. The lowest BCUT2D eigenvalue weighted by Crippen LogP contribution is -2.36. The summed E-state index contributed by atoms with van der Waals surface area (Å²) in [4.78, 5) is 22.2. The summed E-state index contributed by atoms with van der Waals surface area (Å²) < 4.78 is 15.6. The van der Waals surface area contributed by atoms with Gasteiger partial charge in [0.05, 0.1) is 6.04 Å². The van der Waals surface area contributed by atoms with Crippen molar-refractivity contribution in [2.45, 2.75) is 19.4 Å². The van der Waals surface area contributed by atoms with Crippen molar-refractivity contribution in [1.82, 2.24) is 24.4 Å². The van der Waals surface area contributed by atoms with E-state index in [2.05, 4.69) is 21.9 Å². The number of hydrogen-bond donors (Lipinski definition) is 0. The van der Waals surface area contributed by atoms with Crippen molar-refractivity contribution in [1.29, 1.82) is 0 Å². The molecule has 2 aliphatic rings. The summed E-state index contributed by atoms with van der Waals surface area (Å²) in [5.74, 6) is 0.364. The summed E-state index contributed by atoms with van der Waals surface area (Å²) in [5, 5.41) is 4.22. The predicted octanol–water partition coefficient (Wildman–Crippen LogP) is 3.02. The number of halogens is 1. The van der Waals surface area contributed by atoms with Gasteiger partial charge in [0.1, 0.15) is 17.8 Å². The highest BCUT2D eigenvalue weighted by molar-refractivity contribution is 5.93. The number of benzene rings is 1. The molecule has 6 nitrogen and oxygen atoms in total. The van der Waals surface area contributed by atoms with Gasteiger partial charge in [0.2, 0.25) is 0 Å². The van der Waals surface area contributed by atoms with Crippen LogP contribution in [0, 0.1) is 17.7 Å². The molecule has 3 aromatic rings. The maximum absolute atomic E-state index is 14.0. The van der Waals surface area contributed by atoms with Gasteiger partial charge in [0.25, 0.3) is 5.91 Å². The third-order valence-corrected chi connectivity index (χ3v) is 6.25. The van der Waals surface area contributed by atoms with E-state index in [0.29, 0.717) is 29.7 Å². The Morgan fingerprint density at radius 1 is 1.17 bits per heavy atom. The van der Waals surface area contributed by atoms with Gasteiger partial charge in [-0.05, 0) is 48.7 Å². The van der Waals surface area contributed by atoms with E-state index in [-0.39, 0.29) is 17.8 Å². The maximum atomic E-state index is 14.0. The number of amides is 1. The largest absolute Gasteiger partial charge is 0.330 e. The van der Waals surface area contributed by atoms with Crippen molar-refractivity contribution >= 4 is 11.6 Å². The molecule has 0 radical (unpaired) electrons. The molecule has 1 amide bonds.